The molecule has 2 N–H and O–H groups in total. The van der Waals surface area contributed by atoms with E-state index in [2.05, 4.69) is 139 Å². The molecule has 0 amide bonds. The molecule has 3 aliphatic rings. The summed E-state index contributed by atoms with van der Waals surface area (Å²) < 4.78 is 18.7. The van der Waals surface area contributed by atoms with Gasteiger partial charge in [-0.15, -0.1) is 0 Å². The van der Waals surface area contributed by atoms with E-state index in [9.17, 15) is 0 Å². The Balaban J connectivity index is 1.15. The number of ether oxygens (including phenoxy) is 2. The SMILES string of the molecule is CN1C=C(c2cc(C3=CC=C[NH2+]C3)cc(-c3ccc4c(c3)-c3ccc(-c5cccc6c5oc5ccccc56)cc3OCO4)c2)C=CC1. The third-order valence-corrected chi connectivity index (χ3v) is 9.30. The van der Waals surface area contributed by atoms with Gasteiger partial charge in [-0.25, -0.2) is 0 Å². The molecule has 4 heterocycles. The van der Waals surface area contributed by atoms with Crippen LogP contribution in [0.5, 0.6) is 11.5 Å². The predicted octanol–water partition coefficient (Wildman–Crippen LogP) is 8.63. The summed E-state index contributed by atoms with van der Waals surface area (Å²) in [7, 11) is 2.12. The van der Waals surface area contributed by atoms with Crippen LogP contribution in [0.15, 0.2) is 138 Å². The molecule has 1 aromatic heterocycles. The zero-order valence-electron chi connectivity index (χ0n) is 26.1. The summed E-state index contributed by atoms with van der Waals surface area (Å²) in [6, 6.07) is 34.3. The van der Waals surface area contributed by atoms with Crippen LogP contribution < -0.4 is 14.8 Å². The number of furan rings is 1. The molecule has 0 saturated heterocycles. The summed E-state index contributed by atoms with van der Waals surface area (Å²) in [6.07, 6.45) is 13.1. The molecule has 0 unspecified atom stereocenters. The van der Waals surface area contributed by atoms with Gasteiger partial charge in [0.15, 0.2) is 0 Å². The van der Waals surface area contributed by atoms with Crippen LogP contribution in [0.1, 0.15) is 11.1 Å². The maximum Gasteiger partial charge on any atom is 0.230 e. The van der Waals surface area contributed by atoms with Gasteiger partial charge in [0.25, 0.3) is 0 Å². The van der Waals surface area contributed by atoms with Crippen LogP contribution in [-0.2, 0) is 0 Å². The zero-order chi connectivity index (χ0) is 31.3. The second kappa shape index (κ2) is 11.2. The van der Waals surface area contributed by atoms with E-state index in [0.717, 1.165) is 79.9 Å². The number of likely N-dealkylation sites (N-methyl/N-ethyl adjacent to an activating group) is 1. The monoisotopic (exact) mass is 613 g/mol. The Morgan fingerprint density at radius 3 is 2.45 bits per heavy atom. The minimum absolute atomic E-state index is 0.142. The fourth-order valence-corrected chi connectivity index (χ4v) is 6.93. The Hall–Kier alpha value is -5.78. The number of nitrogens with two attached hydrogens (primary N) is 1. The van der Waals surface area contributed by atoms with Gasteiger partial charge in [-0.2, -0.15) is 0 Å². The maximum absolute atomic E-state index is 6.35. The number of quaternary nitrogens is 1. The first-order valence-corrected chi connectivity index (χ1v) is 16.1. The molecule has 0 aliphatic carbocycles. The van der Waals surface area contributed by atoms with Crippen LogP contribution in [0.2, 0.25) is 0 Å². The molecule has 0 atom stereocenters. The van der Waals surface area contributed by atoms with Crippen molar-refractivity contribution in [2.45, 2.75) is 0 Å². The topological polar surface area (TPSA) is 51.5 Å². The van der Waals surface area contributed by atoms with Crippen molar-refractivity contribution in [2.75, 3.05) is 26.9 Å². The average molecular weight is 614 g/mol. The molecule has 3 aliphatic heterocycles. The summed E-state index contributed by atoms with van der Waals surface area (Å²) in [5, 5.41) is 4.45. The van der Waals surface area contributed by atoms with E-state index in [4.69, 9.17) is 13.9 Å². The lowest BCUT2D eigenvalue weighted by Gasteiger charge is -2.20. The van der Waals surface area contributed by atoms with Crippen LogP contribution in [-0.4, -0.2) is 31.8 Å². The molecule has 0 spiro atoms. The highest BCUT2D eigenvalue weighted by Gasteiger charge is 2.21. The van der Waals surface area contributed by atoms with E-state index >= 15 is 0 Å². The van der Waals surface area contributed by atoms with Crippen LogP contribution in [0.3, 0.4) is 0 Å². The van der Waals surface area contributed by atoms with Crippen molar-refractivity contribution in [1.82, 2.24) is 4.90 Å². The van der Waals surface area contributed by atoms with Crippen molar-refractivity contribution < 1.29 is 19.2 Å². The largest absolute Gasteiger partial charge is 0.457 e. The molecule has 0 radical (unpaired) electrons. The fraction of sp³-hybridized carbons (Fsp3) is 0.0952. The van der Waals surface area contributed by atoms with Gasteiger partial charge in [-0.1, -0.05) is 60.7 Å². The molecule has 5 aromatic carbocycles. The highest BCUT2D eigenvalue weighted by atomic mass is 16.7. The summed E-state index contributed by atoms with van der Waals surface area (Å²) in [4.78, 5) is 2.22. The van der Waals surface area contributed by atoms with Gasteiger partial charge in [0, 0.05) is 52.8 Å². The molecule has 5 heteroatoms. The lowest BCUT2D eigenvalue weighted by atomic mass is 9.90. The zero-order valence-corrected chi connectivity index (χ0v) is 26.1. The van der Waals surface area contributed by atoms with Gasteiger partial charge >= 0.3 is 0 Å². The Morgan fingerprint density at radius 1 is 0.681 bits per heavy atom. The van der Waals surface area contributed by atoms with E-state index < -0.39 is 0 Å². The normalized spacial score (nSPS) is 15.4. The van der Waals surface area contributed by atoms with E-state index in [1.54, 1.807) is 0 Å². The summed E-state index contributed by atoms with van der Waals surface area (Å²) >= 11 is 0. The van der Waals surface area contributed by atoms with E-state index in [1.165, 1.54) is 22.3 Å². The second-order valence-electron chi connectivity index (χ2n) is 12.4. The molecule has 228 valence electrons. The first-order valence-electron chi connectivity index (χ1n) is 16.1. The van der Waals surface area contributed by atoms with E-state index in [1.807, 2.05) is 12.1 Å². The summed E-state index contributed by atoms with van der Waals surface area (Å²) in [5.41, 5.74) is 13.1. The molecular formula is C42H33N2O3+. The minimum Gasteiger partial charge on any atom is -0.457 e. The van der Waals surface area contributed by atoms with Crippen LogP contribution in [0, 0.1) is 0 Å². The number of rotatable bonds is 4. The van der Waals surface area contributed by atoms with Crippen molar-refractivity contribution in [1.29, 1.82) is 0 Å². The second-order valence-corrected chi connectivity index (χ2v) is 12.4. The third kappa shape index (κ3) is 4.93. The minimum atomic E-state index is 0.142. The Morgan fingerprint density at radius 2 is 1.53 bits per heavy atom. The number of allylic oxidation sites excluding steroid dienone is 4. The molecule has 5 nitrogen and oxygen atoms in total. The number of para-hydroxylation sites is 2. The van der Waals surface area contributed by atoms with Crippen LogP contribution in [0.25, 0.3) is 66.5 Å². The Bertz CT molecular complexity index is 2340. The van der Waals surface area contributed by atoms with Gasteiger partial charge in [0.1, 0.15) is 29.2 Å². The number of fused-ring (bicyclic) bond motifs is 6. The molecule has 47 heavy (non-hydrogen) atoms. The standard InChI is InChI=1S/C42H32N2O3/c1-44-18-6-8-30(25-44)33-20-31(19-32(21-33)29-7-5-17-43-24-29)27-14-16-39-38(22-27)36-15-13-28(23-41(36)46-26-45-39)34-10-4-11-37-35-9-2-3-12-40(35)47-42(34)37/h2-17,19-23,25,43H,18,24,26H2,1H3/p+1. The van der Waals surface area contributed by atoms with Gasteiger partial charge in [-0.3, -0.25) is 0 Å². The maximum atomic E-state index is 6.35. The van der Waals surface area contributed by atoms with Crippen molar-refractivity contribution in [3.63, 3.8) is 0 Å². The summed E-state index contributed by atoms with van der Waals surface area (Å²) in [5.74, 6) is 1.60. The quantitative estimate of drug-likeness (QED) is 0.216. The number of nitrogens with zero attached hydrogens (tertiary/aromatic N) is 1. The lowest BCUT2D eigenvalue weighted by molar-refractivity contribution is -0.576. The lowest BCUT2D eigenvalue weighted by Crippen LogP contribution is -2.78. The molecule has 0 bridgehead atoms. The predicted molar refractivity (Wildman–Crippen MR) is 190 cm³/mol. The number of benzene rings is 5. The summed E-state index contributed by atoms with van der Waals surface area (Å²) in [6.45, 7) is 1.98. The van der Waals surface area contributed by atoms with Crippen molar-refractivity contribution in [3.8, 4) is 44.9 Å². The molecule has 6 aromatic rings. The third-order valence-electron chi connectivity index (χ3n) is 9.30. The highest BCUT2D eigenvalue weighted by Crippen LogP contribution is 2.44. The van der Waals surface area contributed by atoms with Crippen molar-refractivity contribution >= 4 is 33.1 Å². The van der Waals surface area contributed by atoms with Crippen LogP contribution in [0.4, 0.5) is 0 Å². The first-order chi connectivity index (χ1) is 23.2. The fourth-order valence-electron chi connectivity index (χ4n) is 6.93. The first kappa shape index (κ1) is 27.5. The molecule has 0 saturated carbocycles. The van der Waals surface area contributed by atoms with Crippen molar-refractivity contribution in [2.24, 2.45) is 0 Å². The van der Waals surface area contributed by atoms with Gasteiger partial charge in [-0.05, 0) is 94.1 Å². The van der Waals surface area contributed by atoms with Gasteiger partial charge in [0.2, 0.25) is 6.79 Å². The van der Waals surface area contributed by atoms with E-state index in [0.29, 0.717) is 0 Å². The molecular weight excluding hydrogens is 580 g/mol. The molecule has 0 fully saturated rings. The number of hydrogen-bond donors (Lipinski definition) is 1. The van der Waals surface area contributed by atoms with Crippen molar-refractivity contribution in [3.05, 3.63) is 145 Å². The van der Waals surface area contributed by atoms with E-state index in [-0.39, 0.29) is 6.79 Å². The highest BCUT2D eigenvalue weighted by molar-refractivity contribution is 6.09. The van der Waals surface area contributed by atoms with Crippen LogP contribution >= 0.6 is 0 Å². The molecule has 9 rings (SSSR count). The number of hydrogen-bond acceptors (Lipinski definition) is 4. The Labute approximate surface area is 273 Å². The Kier molecular flexibility index (Phi) is 6.58. The average Bonchev–Trinajstić information content (AvgIpc) is 3.41. The van der Waals surface area contributed by atoms with Gasteiger partial charge < -0.3 is 24.1 Å². The van der Waals surface area contributed by atoms with Gasteiger partial charge in [0.05, 0.1) is 6.20 Å². The smallest absolute Gasteiger partial charge is 0.230 e.